The fraction of sp³-hybridized carbons (Fsp3) is 0.917. The molecule has 14 heavy (non-hydrogen) atoms. The molecule has 1 fully saturated rings. The van der Waals surface area contributed by atoms with Crippen molar-refractivity contribution in [2.45, 2.75) is 40.5 Å². The van der Waals surface area contributed by atoms with E-state index in [4.69, 9.17) is 0 Å². The van der Waals surface area contributed by atoms with Crippen molar-refractivity contribution in [1.29, 1.82) is 0 Å². The van der Waals surface area contributed by atoms with E-state index < -0.39 is 0 Å². The highest BCUT2D eigenvalue weighted by Crippen LogP contribution is 2.24. The maximum Gasteiger partial charge on any atom is 0.225 e. The highest BCUT2D eigenvalue weighted by atomic mass is 16.2. The minimum atomic E-state index is 0.154. The summed E-state index contributed by atoms with van der Waals surface area (Å²) in [6, 6.07) is 0. The van der Waals surface area contributed by atoms with E-state index in [0.29, 0.717) is 17.7 Å². The third-order valence-electron chi connectivity index (χ3n) is 3.21. The van der Waals surface area contributed by atoms with Gasteiger partial charge in [-0.05, 0) is 24.7 Å². The highest BCUT2D eigenvalue weighted by Gasteiger charge is 2.26. The molecule has 0 aliphatic carbocycles. The van der Waals surface area contributed by atoms with Crippen molar-refractivity contribution in [2.24, 2.45) is 17.8 Å². The molecular weight excluding hydrogens is 174 g/mol. The SMILES string of the molecule is CC(C)C(=O)N1CCCC(C(C)C)C1. The van der Waals surface area contributed by atoms with Gasteiger partial charge in [0.25, 0.3) is 0 Å². The lowest BCUT2D eigenvalue weighted by atomic mass is 9.87. The predicted molar refractivity (Wildman–Crippen MR) is 59.0 cm³/mol. The van der Waals surface area contributed by atoms with Gasteiger partial charge in [-0.1, -0.05) is 27.7 Å². The Kier molecular flexibility index (Phi) is 3.97. The van der Waals surface area contributed by atoms with Crippen LogP contribution in [0.2, 0.25) is 0 Å². The molecule has 0 N–H and O–H groups in total. The summed E-state index contributed by atoms with van der Waals surface area (Å²) in [7, 11) is 0. The van der Waals surface area contributed by atoms with Gasteiger partial charge in [-0.15, -0.1) is 0 Å². The summed E-state index contributed by atoms with van der Waals surface area (Å²) < 4.78 is 0. The summed E-state index contributed by atoms with van der Waals surface area (Å²) in [4.78, 5) is 13.8. The number of likely N-dealkylation sites (tertiary alicyclic amines) is 1. The van der Waals surface area contributed by atoms with Gasteiger partial charge in [0, 0.05) is 19.0 Å². The second-order valence-corrected chi connectivity index (χ2v) is 5.09. The summed E-state index contributed by atoms with van der Waals surface area (Å²) in [5.74, 6) is 1.90. The van der Waals surface area contributed by atoms with E-state index in [2.05, 4.69) is 18.7 Å². The lowest BCUT2D eigenvalue weighted by Crippen LogP contribution is -2.43. The first-order valence-electron chi connectivity index (χ1n) is 5.81. The van der Waals surface area contributed by atoms with Gasteiger partial charge in [0.05, 0.1) is 0 Å². The van der Waals surface area contributed by atoms with Crippen LogP contribution in [0.5, 0.6) is 0 Å². The Morgan fingerprint density at radius 1 is 1.29 bits per heavy atom. The van der Waals surface area contributed by atoms with Crippen LogP contribution in [0.15, 0.2) is 0 Å². The molecule has 2 nitrogen and oxygen atoms in total. The molecule has 0 bridgehead atoms. The Morgan fingerprint density at radius 2 is 1.93 bits per heavy atom. The molecule has 1 aliphatic heterocycles. The van der Waals surface area contributed by atoms with E-state index in [1.807, 2.05) is 13.8 Å². The van der Waals surface area contributed by atoms with Gasteiger partial charge in [0.1, 0.15) is 0 Å². The summed E-state index contributed by atoms with van der Waals surface area (Å²) in [6.45, 7) is 10.4. The number of nitrogens with zero attached hydrogens (tertiary/aromatic N) is 1. The molecule has 1 aliphatic rings. The fourth-order valence-electron chi connectivity index (χ4n) is 2.12. The largest absolute Gasteiger partial charge is 0.342 e. The number of hydrogen-bond donors (Lipinski definition) is 0. The van der Waals surface area contributed by atoms with Crippen LogP contribution in [0.1, 0.15) is 40.5 Å². The Labute approximate surface area is 87.7 Å². The number of carbonyl (C=O) groups excluding carboxylic acids is 1. The molecule has 1 rings (SSSR count). The summed E-state index contributed by atoms with van der Waals surface area (Å²) in [5.41, 5.74) is 0. The van der Waals surface area contributed by atoms with E-state index >= 15 is 0 Å². The van der Waals surface area contributed by atoms with Gasteiger partial charge in [-0.25, -0.2) is 0 Å². The van der Waals surface area contributed by atoms with Crippen molar-refractivity contribution in [3.8, 4) is 0 Å². The van der Waals surface area contributed by atoms with Crippen molar-refractivity contribution >= 4 is 5.91 Å². The first-order chi connectivity index (χ1) is 6.52. The zero-order valence-electron chi connectivity index (χ0n) is 9.92. The average molecular weight is 197 g/mol. The minimum Gasteiger partial charge on any atom is -0.342 e. The number of hydrogen-bond acceptors (Lipinski definition) is 1. The van der Waals surface area contributed by atoms with E-state index in [-0.39, 0.29) is 5.92 Å². The second kappa shape index (κ2) is 4.81. The number of carbonyl (C=O) groups is 1. The van der Waals surface area contributed by atoms with Crippen LogP contribution in [-0.4, -0.2) is 23.9 Å². The van der Waals surface area contributed by atoms with Crippen molar-refractivity contribution in [2.75, 3.05) is 13.1 Å². The van der Waals surface area contributed by atoms with Gasteiger partial charge in [-0.2, -0.15) is 0 Å². The zero-order valence-corrected chi connectivity index (χ0v) is 9.92. The van der Waals surface area contributed by atoms with E-state index in [0.717, 1.165) is 13.1 Å². The van der Waals surface area contributed by atoms with Crippen molar-refractivity contribution in [1.82, 2.24) is 4.90 Å². The summed E-state index contributed by atoms with van der Waals surface area (Å²) in [6.07, 6.45) is 2.47. The maximum absolute atomic E-state index is 11.8. The molecule has 0 aromatic carbocycles. The van der Waals surface area contributed by atoms with Gasteiger partial charge in [0.2, 0.25) is 5.91 Å². The van der Waals surface area contributed by atoms with Crippen LogP contribution in [0.3, 0.4) is 0 Å². The first kappa shape index (κ1) is 11.5. The molecule has 0 aromatic heterocycles. The van der Waals surface area contributed by atoms with Crippen LogP contribution in [0.4, 0.5) is 0 Å². The van der Waals surface area contributed by atoms with Gasteiger partial charge in [0.15, 0.2) is 0 Å². The van der Waals surface area contributed by atoms with Crippen molar-refractivity contribution < 1.29 is 4.79 Å². The molecule has 1 heterocycles. The molecule has 82 valence electrons. The van der Waals surface area contributed by atoms with Crippen LogP contribution < -0.4 is 0 Å². The smallest absolute Gasteiger partial charge is 0.225 e. The summed E-state index contributed by atoms with van der Waals surface area (Å²) in [5, 5.41) is 0. The average Bonchev–Trinajstić information content (AvgIpc) is 2.16. The second-order valence-electron chi connectivity index (χ2n) is 5.09. The van der Waals surface area contributed by atoms with Gasteiger partial charge in [-0.3, -0.25) is 4.79 Å². The number of rotatable bonds is 2. The molecule has 1 atom stereocenters. The Morgan fingerprint density at radius 3 is 2.43 bits per heavy atom. The molecule has 0 radical (unpaired) electrons. The standard InChI is InChI=1S/C12H23NO/c1-9(2)11-6-5-7-13(8-11)12(14)10(3)4/h9-11H,5-8H2,1-4H3. The Balaban J connectivity index is 2.51. The molecule has 1 saturated heterocycles. The van der Waals surface area contributed by atoms with Crippen LogP contribution in [-0.2, 0) is 4.79 Å². The zero-order chi connectivity index (χ0) is 10.7. The van der Waals surface area contributed by atoms with Crippen LogP contribution in [0.25, 0.3) is 0 Å². The van der Waals surface area contributed by atoms with E-state index in [9.17, 15) is 4.79 Å². The molecule has 1 unspecified atom stereocenters. The first-order valence-corrected chi connectivity index (χ1v) is 5.81. The summed E-state index contributed by atoms with van der Waals surface area (Å²) >= 11 is 0. The van der Waals surface area contributed by atoms with E-state index in [1.165, 1.54) is 12.8 Å². The number of amides is 1. The molecule has 0 spiro atoms. The van der Waals surface area contributed by atoms with Crippen molar-refractivity contribution in [3.63, 3.8) is 0 Å². The van der Waals surface area contributed by atoms with Crippen LogP contribution in [0, 0.1) is 17.8 Å². The molecule has 1 amide bonds. The monoisotopic (exact) mass is 197 g/mol. The molecular formula is C12H23NO. The van der Waals surface area contributed by atoms with Crippen LogP contribution >= 0.6 is 0 Å². The lowest BCUT2D eigenvalue weighted by molar-refractivity contribution is -0.136. The normalized spacial score (nSPS) is 23.3. The molecule has 2 heteroatoms. The lowest BCUT2D eigenvalue weighted by Gasteiger charge is -2.35. The quantitative estimate of drug-likeness (QED) is 0.666. The van der Waals surface area contributed by atoms with Crippen molar-refractivity contribution in [3.05, 3.63) is 0 Å². The maximum atomic E-state index is 11.8. The Hall–Kier alpha value is -0.530. The minimum absolute atomic E-state index is 0.154. The third-order valence-corrected chi connectivity index (χ3v) is 3.21. The molecule has 0 saturated carbocycles. The highest BCUT2D eigenvalue weighted by molar-refractivity contribution is 5.78. The van der Waals surface area contributed by atoms with Gasteiger partial charge < -0.3 is 4.90 Å². The molecule has 0 aromatic rings. The fourth-order valence-corrected chi connectivity index (χ4v) is 2.12. The third kappa shape index (κ3) is 2.73. The van der Waals surface area contributed by atoms with E-state index in [1.54, 1.807) is 0 Å². The Bertz CT molecular complexity index is 198. The number of piperidine rings is 1. The van der Waals surface area contributed by atoms with Gasteiger partial charge >= 0.3 is 0 Å². The topological polar surface area (TPSA) is 20.3 Å². The predicted octanol–water partition coefficient (Wildman–Crippen LogP) is 2.54.